The summed E-state index contributed by atoms with van der Waals surface area (Å²) in [5.41, 5.74) is 3.47. The lowest BCUT2D eigenvalue weighted by molar-refractivity contribution is -0.120. The molecule has 0 amide bonds. The topological polar surface area (TPSA) is 62.1 Å². The van der Waals surface area contributed by atoms with Crippen LogP contribution in [0.15, 0.2) is 55.1 Å². The van der Waals surface area contributed by atoms with E-state index in [9.17, 15) is 0 Å². The van der Waals surface area contributed by atoms with Gasteiger partial charge < -0.3 is 9.47 Å². The molecule has 25 heavy (non-hydrogen) atoms. The molecule has 1 unspecified atom stereocenters. The summed E-state index contributed by atoms with van der Waals surface area (Å²) < 4.78 is 13.8. The summed E-state index contributed by atoms with van der Waals surface area (Å²) in [6.45, 7) is 0.669. The molecule has 5 rings (SSSR count). The van der Waals surface area contributed by atoms with Crippen molar-refractivity contribution < 1.29 is 9.47 Å². The highest BCUT2D eigenvalue weighted by molar-refractivity contribution is 5.57. The smallest absolute Gasteiger partial charge is 0.201 e. The molecule has 1 aliphatic carbocycles. The second kappa shape index (κ2) is 5.75. The van der Waals surface area contributed by atoms with Gasteiger partial charge in [-0.2, -0.15) is 5.10 Å². The standard InChI is InChI=1S/C19H18N4O2/c1-5-16(14-10-21-23(12-14)15-4-2-9-20-11-15)22-17(6-1)18-24-13-19(25-18)7-3-8-19/h1-2,4-6,9-12,18H,3,7-8,13H2. The summed E-state index contributed by atoms with van der Waals surface area (Å²) in [6.07, 6.45) is 10.3. The van der Waals surface area contributed by atoms with Crippen molar-refractivity contribution in [2.45, 2.75) is 31.2 Å². The Bertz CT molecular complexity index is 889. The molecule has 3 aromatic heterocycles. The van der Waals surface area contributed by atoms with Gasteiger partial charge in [0.1, 0.15) is 0 Å². The maximum atomic E-state index is 6.12. The molecule has 2 aliphatic rings. The summed E-state index contributed by atoms with van der Waals surface area (Å²) in [4.78, 5) is 8.86. The molecule has 0 radical (unpaired) electrons. The van der Waals surface area contributed by atoms with Crippen molar-refractivity contribution in [1.29, 1.82) is 0 Å². The van der Waals surface area contributed by atoms with Crippen molar-refractivity contribution in [3.63, 3.8) is 0 Å². The zero-order valence-corrected chi connectivity index (χ0v) is 13.7. The molecular formula is C19H18N4O2. The second-order valence-corrected chi connectivity index (χ2v) is 6.63. The summed E-state index contributed by atoms with van der Waals surface area (Å²) in [7, 11) is 0. The number of aromatic nitrogens is 4. The van der Waals surface area contributed by atoms with E-state index in [1.165, 1.54) is 6.42 Å². The van der Waals surface area contributed by atoms with Crippen molar-refractivity contribution in [1.82, 2.24) is 19.7 Å². The zero-order valence-electron chi connectivity index (χ0n) is 13.7. The fourth-order valence-corrected chi connectivity index (χ4v) is 3.33. The molecule has 0 N–H and O–H groups in total. The van der Waals surface area contributed by atoms with Crippen LogP contribution in [0.5, 0.6) is 0 Å². The normalized spacial score (nSPS) is 21.4. The van der Waals surface area contributed by atoms with Gasteiger partial charge in [0.25, 0.3) is 0 Å². The van der Waals surface area contributed by atoms with Crippen LogP contribution in [0.1, 0.15) is 31.2 Å². The number of hydrogen-bond acceptors (Lipinski definition) is 5. The van der Waals surface area contributed by atoms with Crippen molar-refractivity contribution >= 4 is 0 Å². The monoisotopic (exact) mass is 334 g/mol. The van der Waals surface area contributed by atoms with E-state index in [0.717, 1.165) is 35.5 Å². The Morgan fingerprint density at radius 3 is 2.84 bits per heavy atom. The molecule has 0 aromatic carbocycles. The highest BCUT2D eigenvalue weighted by Gasteiger charge is 2.46. The Morgan fingerprint density at radius 1 is 1.12 bits per heavy atom. The Kier molecular flexibility index (Phi) is 3.39. The van der Waals surface area contributed by atoms with Gasteiger partial charge in [0, 0.05) is 18.0 Å². The fourth-order valence-electron chi connectivity index (χ4n) is 3.33. The lowest BCUT2D eigenvalue weighted by Gasteiger charge is -2.35. The minimum Gasteiger partial charge on any atom is -0.344 e. The van der Waals surface area contributed by atoms with Gasteiger partial charge in [-0.15, -0.1) is 0 Å². The number of ether oxygens (including phenoxy) is 2. The van der Waals surface area contributed by atoms with Crippen LogP contribution in [0.25, 0.3) is 16.9 Å². The number of rotatable bonds is 3. The molecule has 1 aliphatic heterocycles. The Balaban J connectivity index is 1.41. The molecule has 3 aromatic rings. The number of pyridine rings is 2. The van der Waals surface area contributed by atoms with Crippen LogP contribution in [0.2, 0.25) is 0 Å². The fraction of sp³-hybridized carbons (Fsp3) is 0.316. The second-order valence-electron chi connectivity index (χ2n) is 6.63. The Morgan fingerprint density at radius 2 is 2.08 bits per heavy atom. The van der Waals surface area contributed by atoms with Gasteiger partial charge in [-0.1, -0.05) is 6.07 Å². The van der Waals surface area contributed by atoms with Crippen LogP contribution in [-0.4, -0.2) is 32.0 Å². The average Bonchev–Trinajstić information content (AvgIpc) is 3.30. The molecule has 1 saturated heterocycles. The maximum Gasteiger partial charge on any atom is 0.201 e. The first-order valence-electron chi connectivity index (χ1n) is 8.53. The molecule has 1 saturated carbocycles. The highest BCUT2D eigenvalue weighted by Crippen LogP contribution is 2.45. The van der Waals surface area contributed by atoms with Crippen LogP contribution in [-0.2, 0) is 9.47 Å². The lowest BCUT2D eigenvalue weighted by Crippen LogP contribution is -2.39. The Labute approximate surface area is 145 Å². The van der Waals surface area contributed by atoms with E-state index in [2.05, 4.69) is 10.1 Å². The first-order chi connectivity index (χ1) is 12.3. The molecule has 126 valence electrons. The molecule has 0 bridgehead atoms. The van der Waals surface area contributed by atoms with Crippen LogP contribution >= 0.6 is 0 Å². The molecule has 1 atom stereocenters. The maximum absolute atomic E-state index is 6.12. The predicted molar refractivity (Wildman–Crippen MR) is 91.0 cm³/mol. The third-order valence-corrected chi connectivity index (χ3v) is 4.92. The van der Waals surface area contributed by atoms with Crippen LogP contribution in [0.4, 0.5) is 0 Å². The van der Waals surface area contributed by atoms with Crippen LogP contribution in [0.3, 0.4) is 0 Å². The van der Waals surface area contributed by atoms with E-state index in [-0.39, 0.29) is 11.9 Å². The van der Waals surface area contributed by atoms with E-state index < -0.39 is 0 Å². The van der Waals surface area contributed by atoms with E-state index in [1.54, 1.807) is 17.1 Å². The van der Waals surface area contributed by atoms with E-state index in [0.29, 0.717) is 6.61 Å². The van der Waals surface area contributed by atoms with Gasteiger partial charge in [-0.25, -0.2) is 9.67 Å². The van der Waals surface area contributed by atoms with Gasteiger partial charge in [0.15, 0.2) is 0 Å². The van der Waals surface area contributed by atoms with Crippen molar-refractivity contribution in [2.24, 2.45) is 0 Å². The van der Waals surface area contributed by atoms with Crippen molar-refractivity contribution in [3.05, 3.63) is 60.8 Å². The summed E-state index contributed by atoms with van der Waals surface area (Å²) in [5, 5.41) is 4.41. The van der Waals surface area contributed by atoms with Gasteiger partial charge in [-0.05, 0) is 43.5 Å². The molecule has 1 spiro atoms. The van der Waals surface area contributed by atoms with Gasteiger partial charge >= 0.3 is 0 Å². The van der Waals surface area contributed by atoms with Crippen LogP contribution < -0.4 is 0 Å². The minimum atomic E-state index is -0.367. The van der Waals surface area contributed by atoms with Crippen LogP contribution in [0, 0.1) is 0 Å². The van der Waals surface area contributed by atoms with E-state index >= 15 is 0 Å². The van der Waals surface area contributed by atoms with E-state index in [1.807, 2.05) is 42.7 Å². The van der Waals surface area contributed by atoms with Crippen molar-refractivity contribution in [2.75, 3.05) is 6.61 Å². The summed E-state index contributed by atoms with van der Waals surface area (Å²) in [5.74, 6) is 0. The SMILES string of the molecule is c1cncc(-n2cc(-c3cccc(C4OCC5(CCC5)O4)n3)cn2)c1. The third kappa shape index (κ3) is 2.63. The summed E-state index contributed by atoms with van der Waals surface area (Å²) in [6, 6.07) is 9.77. The number of hydrogen-bond donors (Lipinski definition) is 0. The van der Waals surface area contributed by atoms with E-state index in [4.69, 9.17) is 14.5 Å². The summed E-state index contributed by atoms with van der Waals surface area (Å²) >= 11 is 0. The molecule has 4 heterocycles. The largest absolute Gasteiger partial charge is 0.344 e. The average molecular weight is 334 g/mol. The molecule has 2 fully saturated rings. The molecule has 6 nitrogen and oxygen atoms in total. The van der Waals surface area contributed by atoms with Crippen molar-refractivity contribution in [3.8, 4) is 16.9 Å². The third-order valence-electron chi connectivity index (χ3n) is 4.92. The first-order valence-corrected chi connectivity index (χ1v) is 8.53. The molecular weight excluding hydrogens is 316 g/mol. The van der Waals surface area contributed by atoms with Gasteiger partial charge in [-0.3, -0.25) is 4.98 Å². The Hall–Kier alpha value is -2.57. The first kappa shape index (κ1) is 14.7. The molecule has 6 heteroatoms. The lowest BCUT2D eigenvalue weighted by atomic mass is 9.81. The van der Waals surface area contributed by atoms with Gasteiger partial charge in [0.05, 0.1) is 41.7 Å². The number of nitrogens with zero attached hydrogens (tertiary/aromatic N) is 4. The zero-order chi connectivity index (χ0) is 16.7. The highest BCUT2D eigenvalue weighted by atomic mass is 16.7. The predicted octanol–water partition coefficient (Wildman–Crippen LogP) is 3.30. The van der Waals surface area contributed by atoms with Gasteiger partial charge in [0.2, 0.25) is 6.29 Å². The minimum absolute atomic E-state index is 0.0620. The quantitative estimate of drug-likeness (QED) is 0.735.